The summed E-state index contributed by atoms with van der Waals surface area (Å²) in [7, 11) is 0. The predicted octanol–water partition coefficient (Wildman–Crippen LogP) is 1.49. The fraction of sp³-hybridized carbons (Fsp3) is 0.667. The van der Waals surface area contributed by atoms with Crippen LogP contribution in [0.3, 0.4) is 0 Å². The Labute approximate surface area is 91.1 Å². The van der Waals surface area contributed by atoms with Gasteiger partial charge >= 0.3 is 0 Å². The molecule has 0 amide bonds. The quantitative estimate of drug-likeness (QED) is 0.813. The van der Waals surface area contributed by atoms with Crippen LogP contribution >= 0.6 is 0 Å². The van der Waals surface area contributed by atoms with Crippen molar-refractivity contribution in [3.05, 3.63) is 23.3 Å². The van der Waals surface area contributed by atoms with Crippen LogP contribution in [0.4, 0.5) is 0 Å². The maximum atomic E-state index is 5.65. The molecule has 0 fully saturated rings. The highest BCUT2D eigenvalue weighted by Crippen LogP contribution is 2.22. The van der Waals surface area contributed by atoms with Crippen LogP contribution in [0, 0.1) is 5.92 Å². The van der Waals surface area contributed by atoms with Crippen molar-refractivity contribution < 1.29 is 0 Å². The number of fused-ring (bicyclic) bond motifs is 1. The highest BCUT2D eigenvalue weighted by Gasteiger charge is 2.16. The van der Waals surface area contributed by atoms with E-state index in [9.17, 15) is 0 Å². The van der Waals surface area contributed by atoms with E-state index in [1.807, 2.05) is 0 Å². The van der Waals surface area contributed by atoms with Crippen LogP contribution in [0.5, 0.6) is 0 Å². The summed E-state index contributed by atoms with van der Waals surface area (Å²) in [5, 5.41) is 0. The van der Waals surface area contributed by atoms with E-state index in [1.54, 1.807) is 6.33 Å². The number of rotatable bonds is 3. The van der Waals surface area contributed by atoms with Crippen LogP contribution in [-0.2, 0) is 19.3 Å². The summed E-state index contributed by atoms with van der Waals surface area (Å²) in [4.78, 5) is 8.78. The van der Waals surface area contributed by atoms with Gasteiger partial charge in [0.25, 0.3) is 0 Å². The summed E-state index contributed by atoms with van der Waals surface area (Å²) >= 11 is 0. The highest BCUT2D eigenvalue weighted by molar-refractivity contribution is 5.27. The molecule has 0 bridgehead atoms. The Hall–Kier alpha value is -0.960. The van der Waals surface area contributed by atoms with Gasteiger partial charge in [0.05, 0.1) is 0 Å². The second kappa shape index (κ2) is 4.71. The second-order valence-corrected chi connectivity index (χ2v) is 4.50. The number of hydrogen-bond donors (Lipinski definition) is 1. The minimum absolute atomic E-state index is 0.519. The average Bonchev–Trinajstić information content (AvgIpc) is 2.29. The lowest BCUT2D eigenvalue weighted by molar-refractivity contribution is 0.567. The van der Waals surface area contributed by atoms with Crippen molar-refractivity contribution in [2.45, 2.75) is 39.0 Å². The molecule has 1 heterocycles. The van der Waals surface area contributed by atoms with Gasteiger partial charge in [0.2, 0.25) is 0 Å². The Morgan fingerprint density at radius 3 is 2.93 bits per heavy atom. The number of aryl methyl sites for hydroxylation is 1. The molecular weight excluding hydrogens is 186 g/mol. The predicted molar refractivity (Wildman–Crippen MR) is 60.6 cm³/mol. The van der Waals surface area contributed by atoms with Gasteiger partial charge in [-0.2, -0.15) is 0 Å². The Morgan fingerprint density at radius 1 is 1.33 bits per heavy atom. The third-order valence-electron chi connectivity index (χ3n) is 3.16. The fourth-order valence-electron chi connectivity index (χ4n) is 2.18. The van der Waals surface area contributed by atoms with E-state index < -0.39 is 0 Å². The third kappa shape index (κ3) is 2.34. The Balaban J connectivity index is 2.23. The molecule has 3 nitrogen and oxygen atoms in total. The van der Waals surface area contributed by atoms with E-state index in [2.05, 4.69) is 16.9 Å². The molecule has 82 valence electrons. The smallest absolute Gasteiger partial charge is 0.115 e. The first-order chi connectivity index (χ1) is 7.31. The van der Waals surface area contributed by atoms with E-state index in [4.69, 9.17) is 5.73 Å². The third-order valence-corrected chi connectivity index (χ3v) is 3.16. The summed E-state index contributed by atoms with van der Waals surface area (Å²) in [5.74, 6) is 0.519. The summed E-state index contributed by atoms with van der Waals surface area (Å²) in [5.41, 5.74) is 9.57. The van der Waals surface area contributed by atoms with E-state index in [0.717, 1.165) is 25.8 Å². The zero-order valence-corrected chi connectivity index (χ0v) is 9.37. The lowest BCUT2D eigenvalue weighted by atomic mass is 9.91. The van der Waals surface area contributed by atoms with Crippen molar-refractivity contribution in [1.29, 1.82) is 0 Å². The van der Waals surface area contributed by atoms with E-state index >= 15 is 0 Å². The lowest BCUT2D eigenvalue weighted by Crippen LogP contribution is -2.17. The molecule has 0 aliphatic heterocycles. The molecule has 0 spiro atoms. The molecule has 2 rings (SSSR count). The maximum absolute atomic E-state index is 5.65. The number of nitrogens with zero attached hydrogens (tertiary/aromatic N) is 2. The molecule has 1 aliphatic carbocycles. The maximum Gasteiger partial charge on any atom is 0.115 e. The van der Waals surface area contributed by atoms with E-state index in [1.165, 1.54) is 29.8 Å². The Kier molecular flexibility index (Phi) is 3.31. The Morgan fingerprint density at radius 2 is 2.13 bits per heavy atom. The number of aromatic nitrogens is 2. The molecule has 0 aromatic carbocycles. The monoisotopic (exact) mass is 205 g/mol. The van der Waals surface area contributed by atoms with Crippen LogP contribution < -0.4 is 5.73 Å². The topological polar surface area (TPSA) is 51.8 Å². The molecule has 0 saturated carbocycles. The SMILES string of the molecule is CC(CN)Cc1ncnc2c1CCCC2. The van der Waals surface area contributed by atoms with Gasteiger partial charge in [-0.05, 0) is 50.1 Å². The lowest BCUT2D eigenvalue weighted by Gasteiger charge is -2.18. The summed E-state index contributed by atoms with van der Waals surface area (Å²) in [6.45, 7) is 2.91. The van der Waals surface area contributed by atoms with Gasteiger partial charge in [0.15, 0.2) is 0 Å². The van der Waals surface area contributed by atoms with Crippen LogP contribution in [0.2, 0.25) is 0 Å². The minimum Gasteiger partial charge on any atom is -0.330 e. The molecule has 15 heavy (non-hydrogen) atoms. The van der Waals surface area contributed by atoms with Crippen LogP contribution in [-0.4, -0.2) is 16.5 Å². The molecule has 3 heteroatoms. The standard InChI is InChI=1S/C12H19N3/c1-9(7-13)6-12-10-4-2-3-5-11(10)14-8-15-12/h8-9H,2-7,13H2,1H3. The van der Waals surface area contributed by atoms with Crippen LogP contribution in [0.15, 0.2) is 6.33 Å². The largest absolute Gasteiger partial charge is 0.330 e. The van der Waals surface area contributed by atoms with Crippen molar-refractivity contribution in [3.8, 4) is 0 Å². The molecule has 1 aromatic heterocycles. The average molecular weight is 205 g/mol. The molecular formula is C12H19N3. The van der Waals surface area contributed by atoms with Gasteiger partial charge in [-0.15, -0.1) is 0 Å². The first-order valence-electron chi connectivity index (χ1n) is 5.83. The van der Waals surface area contributed by atoms with Crippen molar-refractivity contribution in [3.63, 3.8) is 0 Å². The van der Waals surface area contributed by atoms with Gasteiger partial charge in [-0.3, -0.25) is 0 Å². The number of hydrogen-bond acceptors (Lipinski definition) is 3. The van der Waals surface area contributed by atoms with Gasteiger partial charge in [-0.25, -0.2) is 9.97 Å². The van der Waals surface area contributed by atoms with Gasteiger partial charge in [0, 0.05) is 11.4 Å². The van der Waals surface area contributed by atoms with Crippen LogP contribution in [0.1, 0.15) is 36.7 Å². The molecule has 0 radical (unpaired) electrons. The van der Waals surface area contributed by atoms with Gasteiger partial charge in [0.1, 0.15) is 6.33 Å². The summed E-state index contributed by atoms with van der Waals surface area (Å²) in [6, 6.07) is 0. The Bertz CT molecular complexity index is 336. The first-order valence-corrected chi connectivity index (χ1v) is 5.83. The first kappa shape index (κ1) is 10.6. The van der Waals surface area contributed by atoms with E-state index in [-0.39, 0.29) is 0 Å². The van der Waals surface area contributed by atoms with E-state index in [0.29, 0.717) is 5.92 Å². The molecule has 1 unspecified atom stereocenters. The molecule has 1 aromatic rings. The van der Waals surface area contributed by atoms with Crippen molar-refractivity contribution in [1.82, 2.24) is 9.97 Å². The molecule has 0 saturated heterocycles. The molecule has 1 atom stereocenters. The zero-order chi connectivity index (χ0) is 10.7. The fourth-order valence-corrected chi connectivity index (χ4v) is 2.18. The van der Waals surface area contributed by atoms with Crippen LogP contribution in [0.25, 0.3) is 0 Å². The number of nitrogens with two attached hydrogens (primary N) is 1. The van der Waals surface area contributed by atoms with Crippen molar-refractivity contribution in [2.24, 2.45) is 11.7 Å². The van der Waals surface area contributed by atoms with Crippen molar-refractivity contribution in [2.75, 3.05) is 6.54 Å². The molecule has 2 N–H and O–H groups in total. The minimum atomic E-state index is 0.519. The van der Waals surface area contributed by atoms with Gasteiger partial charge < -0.3 is 5.73 Å². The second-order valence-electron chi connectivity index (χ2n) is 4.50. The van der Waals surface area contributed by atoms with Crippen molar-refractivity contribution >= 4 is 0 Å². The normalized spacial score (nSPS) is 17.2. The summed E-state index contributed by atoms with van der Waals surface area (Å²) < 4.78 is 0. The summed E-state index contributed by atoms with van der Waals surface area (Å²) in [6.07, 6.45) is 7.55. The molecule has 1 aliphatic rings. The highest BCUT2D eigenvalue weighted by atomic mass is 14.8. The zero-order valence-electron chi connectivity index (χ0n) is 9.37. The van der Waals surface area contributed by atoms with Gasteiger partial charge in [-0.1, -0.05) is 6.92 Å².